The second kappa shape index (κ2) is 1.25. The number of rotatable bonds is 0. The number of hydrogen-bond donors (Lipinski definition) is 2. The molecule has 2 atom stereocenters. The zero-order valence-corrected chi connectivity index (χ0v) is 5.20. The van der Waals surface area contributed by atoms with Crippen molar-refractivity contribution in [3.05, 3.63) is 0 Å². The first-order valence-corrected chi connectivity index (χ1v) is 3.27. The van der Waals surface area contributed by atoms with Crippen LogP contribution in [0.4, 0.5) is 0 Å². The van der Waals surface area contributed by atoms with E-state index in [9.17, 15) is 0 Å². The van der Waals surface area contributed by atoms with Gasteiger partial charge in [0.05, 0.1) is 0 Å². The summed E-state index contributed by atoms with van der Waals surface area (Å²) in [6.45, 7) is 4.61. The van der Waals surface area contributed by atoms with E-state index in [4.69, 9.17) is 0 Å². The maximum absolute atomic E-state index is 3.49. The van der Waals surface area contributed by atoms with E-state index in [1.807, 2.05) is 0 Å². The van der Waals surface area contributed by atoms with Crippen LogP contribution >= 0.6 is 0 Å². The van der Waals surface area contributed by atoms with Crippen LogP contribution in [0.2, 0.25) is 0 Å². The smallest absolute Gasteiger partial charge is 0.0296 e. The molecule has 0 aromatic rings. The quantitative estimate of drug-likeness (QED) is 0.450. The van der Waals surface area contributed by atoms with Gasteiger partial charge in [0.2, 0.25) is 0 Å². The summed E-state index contributed by atoms with van der Waals surface area (Å²) in [4.78, 5) is 0. The van der Waals surface area contributed by atoms with Crippen molar-refractivity contribution in [2.45, 2.75) is 24.9 Å². The molecule has 0 spiro atoms. The summed E-state index contributed by atoms with van der Waals surface area (Å²) in [5, 5.41) is 6.86. The third kappa shape index (κ3) is 0.501. The molecule has 3 aliphatic heterocycles. The second-order valence-corrected chi connectivity index (χ2v) is 3.24. The van der Waals surface area contributed by atoms with Crippen molar-refractivity contribution in [2.24, 2.45) is 0 Å². The third-order valence-corrected chi connectivity index (χ3v) is 2.16. The zero-order valence-electron chi connectivity index (χ0n) is 5.20. The van der Waals surface area contributed by atoms with Crippen molar-refractivity contribution in [2.75, 3.05) is 13.1 Å². The van der Waals surface area contributed by atoms with Crippen molar-refractivity contribution < 1.29 is 0 Å². The lowest BCUT2D eigenvalue weighted by molar-refractivity contribution is 0.107. The van der Waals surface area contributed by atoms with Gasteiger partial charge < -0.3 is 10.6 Å². The molecule has 2 unspecified atom stereocenters. The predicted octanol–water partition coefficient (Wildman–Crippen LogP) is -0.290. The Bertz CT molecular complexity index is 99.6. The molecule has 0 saturated carbocycles. The van der Waals surface area contributed by atoms with Gasteiger partial charge in [0.1, 0.15) is 0 Å². The molecule has 3 fully saturated rings. The number of nitrogens with one attached hydrogen (secondary N) is 2. The van der Waals surface area contributed by atoms with Gasteiger partial charge in [0.25, 0.3) is 0 Å². The third-order valence-electron chi connectivity index (χ3n) is 2.16. The summed E-state index contributed by atoms with van der Waals surface area (Å²) in [5.74, 6) is 0. The van der Waals surface area contributed by atoms with Crippen molar-refractivity contribution in [1.82, 2.24) is 10.6 Å². The predicted molar refractivity (Wildman–Crippen MR) is 32.8 cm³/mol. The minimum Gasteiger partial charge on any atom is -0.313 e. The molecule has 3 rings (SSSR count). The Hall–Kier alpha value is -0.0800. The first-order valence-electron chi connectivity index (χ1n) is 3.27. The van der Waals surface area contributed by atoms with Gasteiger partial charge in [-0.15, -0.1) is 0 Å². The van der Waals surface area contributed by atoms with E-state index >= 15 is 0 Å². The molecule has 2 nitrogen and oxygen atoms in total. The standard InChI is InChI=1S/C6H12N2/c1-6-2-5(8-6)3-7-4-6/h5,7-8H,2-4H2,1H3. The van der Waals surface area contributed by atoms with Crippen molar-refractivity contribution in [3.8, 4) is 0 Å². The van der Waals surface area contributed by atoms with Crippen LogP contribution in [-0.2, 0) is 0 Å². The number of fused-ring (bicyclic) bond motifs is 2. The number of piperazine rings is 1. The average molecular weight is 112 g/mol. The molecule has 2 heteroatoms. The normalized spacial score (nSPS) is 52.9. The van der Waals surface area contributed by atoms with Crippen LogP contribution < -0.4 is 10.6 Å². The summed E-state index contributed by atoms with van der Waals surface area (Å²) in [6, 6.07) is 0.786. The second-order valence-electron chi connectivity index (χ2n) is 3.24. The number of piperidine rings is 1. The van der Waals surface area contributed by atoms with E-state index in [-0.39, 0.29) is 0 Å². The highest BCUT2D eigenvalue weighted by atomic mass is 15.2. The van der Waals surface area contributed by atoms with Crippen LogP contribution in [0.3, 0.4) is 0 Å². The van der Waals surface area contributed by atoms with Gasteiger partial charge in [-0.25, -0.2) is 0 Å². The highest BCUT2D eigenvalue weighted by molar-refractivity contribution is 5.06. The molecule has 3 aliphatic rings. The summed E-state index contributed by atoms with van der Waals surface area (Å²) in [5.41, 5.74) is 0.461. The fourth-order valence-electron chi connectivity index (χ4n) is 1.78. The first kappa shape index (κ1) is 4.77. The van der Waals surface area contributed by atoms with Gasteiger partial charge in [-0.3, -0.25) is 0 Å². The highest BCUT2D eigenvalue weighted by Gasteiger charge is 2.42. The first-order chi connectivity index (χ1) is 3.79. The molecule has 3 heterocycles. The fourth-order valence-corrected chi connectivity index (χ4v) is 1.78. The monoisotopic (exact) mass is 112 g/mol. The SMILES string of the molecule is CC12CNCC(C1)N2. The van der Waals surface area contributed by atoms with E-state index in [2.05, 4.69) is 17.6 Å². The largest absolute Gasteiger partial charge is 0.313 e. The topological polar surface area (TPSA) is 24.1 Å². The van der Waals surface area contributed by atoms with Crippen molar-refractivity contribution in [1.29, 1.82) is 0 Å². The Morgan fingerprint density at radius 1 is 1.62 bits per heavy atom. The zero-order chi connectivity index (χ0) is 5.61. The number of hydrogen-bond acceptors (Lipinski definition) is 2. The highest BCUT2D eigenvalue weighted by Crippen LogP contribution is 2.25. The molecular weight excluding hydrogens is 100 g/mol. The maximum atomic E-state index is 3.49. The van der Waals surface area contributed by atoms with Crippen LogP contribution in [0.25, 0.3) is 0 Å². The van der Waals surface area contributed by atoms with Gasteiger partial charge in [-0.2, -0.15) is 0 Å². The van der Waals surface area contributed by atoms with E-state index < -0.39 is 0 Å². The van der Waals surface area contributed by atoms with Gasteiger partial charge in [-0.05, 0) is 13.3 Å². The Morgan fingerprint density at radius 2 is 2.38 bits per heavy atom. The molecular formula is C6H12N2. The fraction of sp³-hybridized carbons (Fsp3) is 1.00. The van der Waals surface area contributed by atoms with Crippen molar-refractivity contribution >= 4 is 0 Å². The van der Waals surface area contributed by atoms with Crippen LogP contribution in [0.5, 0.6) is 0 Å². The molecule has 3 saturated heterocycles. The molecule has 0 aromatic carbocycles. The van der Waals surface area contributed by atoms with Crippen molar-refractivity contribution in [3.63, 3.8) is 0 Å². The minimum absolute atomic E-state index is 0.461. The summed E-state index contributed by atoms with van der Waals surface area (Å²) in [7, 11) is 0. The van der Waals surface area contributed by atoms with E-state index in [0.29, 0.717) is 5.54 Å². The van der Waals surface area contributed by atoms with Gasteiger partial charge >= 0.3 is 0 Å². The van der Waals surface area contributed by atoms with E-state index in [1.54, 1.807) is 0 Å². The Labute approximate surface area is 49.7 Å². The lowest BCUT2D eigenvalue weighted by Crippen LogP contribution is -2.73. The lowest BCUT2D eigenvalue weighted by atomic mass is 9.80. The summed E-state index contributed by atoms with van der Waals surface area (Å²) >= 11 is 0. The van der Waals surface area contributed by atoms with E-state index in [1.165, 1.54) is 13.0 Å². The molecule has 0 aliphatic carbocycles. The Morgan fingerprint density at radius 3 is 2.62 bits per heavy atom. The maximum Gasteiger partial charge on any atom is 0.0296 e. The molecule has 0 aromatic heterocycles. The molecule has 8 heavy (non-hydrogen) atoms. The molecule has 0 amide bonds. The Kier molecular flexibility index (Phi) is 0.746. The Balaban J connectivity index is 2.06. The van der Waals surface area contributed by atoms with Gasteiger partial charge in [0, 0.05) is 24.7 Å². The minimum atomic E-state index is 0.461. The van der Waals surface area contributed by atoms with Crippen LogP contribution in [0, 0.1) is 0 Å². The molecule has 46 valence electrons. The van der Waals surface area contributed by atoms with Crippen LogP contribution in [0.1, 0.15) is 13.3 Å². The van der Waals surface area contributed by atoms with Crippen LogP contribution in [0.15, 0.2) is 0 Å². The van der Waals surface area contributed by atoms with E-state index in [0.717, 1.165) is 12.6 Å². The average Bonchev–Trinajstić information content (AvgIpc) is 1.63. The summed E-state index contributed by atoms with van der Waals surface area (Å²) < 4.78 is 0. The lowest BCUT2D eigenvalue weighted by Gasteiger charge is -2.52. The molecule has 2 N–H and O–H groups in total. The van der Waals surface area contributed by atoms with Crippen LogP contribution in [-0.4, -0.2) is 24.7 Å². The van der Waals surface area contributed by atoms with Gasteiger partial charge in [0.15, 0.2) is 0 Å². The molecule has 2 bridgehead atoms. The summed E-state index contributed by atoms with van der Waals surface area (Å²) in [6.07, 6.45) is 1.38. The van der Waals surface area contributed by atoms with Gasteiger partial charge in [-0.1, -0.05) is 0 Å². The molecule has 0 radical (unpaired) electrons.